The van der Waals surface area contributed by atoms with Crippen LogP contribution in [0.25, 0.3) is 11.0 Å². The summed E-state index contributed by atoms with van der Waals surface area (Å²) >= 11 is 0. The lowest BCUT2D eigenvalue weighted by atomic mass is 9.99. The fraction of sp³-hybridized carbons (Fsp3) is 0.438. The van der Waals surface area contributed by atoms with Crippen molar-refractivity contribution in [3.8, 4) is 0 Å². The van der Waals surface area contributed by atoms with Gasteiger partial charge in [0.05, 0.1) is 0 Å². The lowest BCUT2D eigenvalue weighted by Gasteiger charge is -2.34. The number of piperidine rings is 1. The normalized spacial score (nSPS) is 19.1. The Labute approximate surface area is 123 Å². The molecule has 0 aliphatic carbocycles. The zero-order valence-corrected chi connectivity index (χ0v) is 11.9. The van der Waals surface area contributed by atoms with Crippen LogP contribution < -0.4 is 5.73 Å². The Hall–Kier alpha value is -2.01. The molecule has 1 aliphatic rings. The largest absolute Gasteiger partial charge is 0.451 e. The molecule has 1 fully saturated rings. The van der Waals surface area contributed by atoms with Gasteiger partial charge in [-0.1, -0.05) is 0 Å². The van der Waals surface area contributed by atoms with E-state index in [9.17, 15) is 4.79 Å². The van der Waals surface area contributed by atoms with E-state index < -0.39 is 0 Å². The minimum absolute atomic E-state index is 0.0945. The van der Waals surface area contributed by atoms with Gasteiger partial charge in [0.25, 0.3) is 5.91 Å². The molecule has 0 saturated carbocycles. The quantitative estimate of drug-likeness (QED) is 0.850. The molecule has 0 spiro atoms. The van der Waals surface area contributed by atoms with Gasteiger partial charge in [0.15, 0.2) is 5.76 Å². The molecule has 1 amide bonds. The molecule has 1 aromatic heterocycles. The summed E-state index contributed by atoms with van der Waals surface area (Å²) in [5, 5.41) is 10.00. The number of nitrogens with zero attached hydrogens (tertiary/aromatic N) is 1. The van der Waals surface area contributed by atoms with E-state index in [-0.39, 0.29) is 18.6 Å². The highest BCUT2D eigenvalue weighted by Crippen LogP contribution is 2.26. The number of aliphatic hydroxyl groups is 1. The van der Waals surface area contributed by atoms with Crippen molar-refractivity contribution in [1.29, 1.82) is 0 Å². The Kier molecular flexibility index (Phi) is 3.84. The van der Waals surface area contributed by atoms with Crippen LogP contribution in [-0.2, 0) is 0 Å². The zero-order valence-electron chi connectivity index (χ0n) is 11.9. The second-order valence-corrected chi connectivity index (χ2v) is 5.57. The van der Waals surface area contributed by atoms with Crippen LogP contribution in [0, 0.1) is 0 Å². The van der Waals surface area contributed by atoms with E-state index in [1.807, 2.05) is 4.90 Å². The second kappa shape index (κ2) is 5.77. The first kappa shape index (κ1) is 13.9. The minimum atomic E-state index is -0.0945. The van der Waals surface area contributed by atoms with Gasteiger partial charge in [0, 0.05) is 30.3 Å². The Bertz CT molecular complexity index is 648. The minimum Gasteiger partial charge on any atom is -0.451 e. The first-order valence-electron chi connectivity index (χ1n) is 7.40. The molecule has 0 radical (unpaired) electrons. The Morgan fingerprint density at radius 2 is 2.24 bits per heavy atom. The van der Waals surface area contributed by atoms with Crippen LogP contribution in [0.2, 0.25) is 0 Å². The Balaban J connectivity index is 1.87. The van der Waals surface area contributed by atoms with E-state index in [0.717, 1.165) is 31.2 Å². The summed E-state index contributed by atoms with van der Waals surface area (Å²) in [6.07, 6.45) is 3.67. The van der Waals surface area contributed by atoms with Gasteiger partial charge >= 0.3 is 0 Å². The highest BCUT2D eigenvalue weighted by atomic mass is 16.3. The zero-order chi connectivity index (χ0) is 14.8. The summed E-state index contributed by atoms with van der Waals surface area (Å²) in [5.74, 6) is 0.253. The van der Waals surface area contributed by atoms with Gasteiger partial charge in [-0.25, -0.2) is 0 Å². The molecule has 1 saturated heterocycles. The van der Waals surface area contributed by atoms with Gasteiger partial charge in [0.1, 0.15) is 5.58 Å². The third kappa shape index (κ3) is 2.74. The van der Waals surface area contributed by atoms with Gasteiger partial charge in [-0.15, -0.1) is 0 Å². The maximum atomic E-state index is 12.7. The number of anilines is 1. The van der Waals surface area contributed by atoms with Gasteiger partial charge in [-0.2, -0.15) is 0 Å². The molecule has 1 aromatic carbocycles. The number of nitrogens with two attached hydrogens (primary N) is 1. The molecule has 3 rings (SSSR count). The number of likely N-dealkylation sites (tertiary alicyclic amines) is 1. The average molecular weight is 288 g/mol. The van der Waals surface area contributed by atoms with E-state index in [4.69, 9.17) is 15.3 Å². The highest BCUT2D eigenvalue weighted by molar-refractivity contribution is 5.96. The summed E-state index contributed by atoms with van der Waals surface area (Å²) in [4.78, 5) is 14.5. The first-order chi connectivity index (χ1) is 10.2. The Morgan fingerprint density at radius 1 is 1.38 bits per heavy atom. The number of nitrogen functional groups attached to an aromatic ring is 1. The summed E-state index contributed by atoms with van der Waals surface area (Å²) < 4.78 is 5.66. The molecule has 1 atom stereocenters. The average Bonchev–Trinajstić information content (AvgIpc) is 2.90. The number of fused-ring (bicyclic) bond motifs is 1. The number of amides is 1. The van der Waals surface area contributed by atoms with Crippen molar-refractivity contribution in [1.82, 2.24) is 4.90 Å². The van der Waals surface area contributed by atoms with Crippen LogP contribution in [0.15, 0.2) is 28.7 Å². The van der Waals surface area contributed by atoms with Crippen LogP contribution >= 0.6 is 0 Å². The van der Waals surface area contributed by atoms with Crippen molar-refractivity contribution in [3.05, 3.63) is 30.0 Å². The SMILES string of the molecule is Nc1ccc2oc(C(=O)N3CCCCC3CCO)cc2c1. The van der Waals surface area contributed by atoms with Crippen molar-refractivity contribution in [2.24, 2.45) is 0 Å². The summed E-state index contributed by atoms with van der Waals surface area (Å²) in [6.45, 7) is 0.827. The molecule has 1 aliphatic heterocycles. The molecule has 1 unspecified atom stereocenters. The van der Waals surface area contributed by atoms with Crippen molar-refractivity contribution in [2.75, 3.05) is 18.9 Å². The van der Waals surface area contributed by atoms with E-state index in [1.165, 1.54) is 0 Å². The van der Waals surface area contributed by atoms with Crippen LogP contribution in [0.1, 0.15) is 36.2 Å². The topological polar surface area (TPSA) is 79.7 Å². The molecule has 112 valence electrons. The van der Waals surface area contributed by atoms with Crippen molar-refractivity contribution in [3.63, 3.8) is 0 Å². The van der Waals surface area contributed by atoms with Gasteiger partial charge in [-0.3, -0.25) is 4.79 Å². The number of benzene rings is 1. The molecule has 2 aromatic rings. The predicted molar refractivity (Wildman–Crippen MR) is 81.0 cm³/mol. The maximum Gasteiger partial charge on any atom is 0.289 e. The number of hydrogen-bond donors (Lipinski definition) is 2. The predicted octanol–water partition coefficient (Wildman–Crippen LogP) is 2.39. The molecule has 0 bridgehead atoms. The molecule has 5 nitrogen and oxygen atoms in total. The third-order valence-electron chi connectivity index (χ3n) is 4.10. The van der Waals surface area contributed by atoms with Crippen molar-refractivity contribution in [2.45, 2.75) is 31.7 Å². The van der Waals surface area contributed by atoms with E-state index in [2.05, 4.69) is 0 Å². The fourth-order valence-corrected chi connectivity index (χ4v) is 3.03. The second-order valence-electron chi connectivity index (χ2n) is 5.57. The number of aliphatic hydroxyl groups excluding tert-OH is 1. The summed E-state index contributed by atoms with van der Waals surface area (Å²) in [7, 11) is 0. The van der Waals surface area contributed by atoms with E-state index >= 15 is 0 Å². The summed E-state index contributed by atoms with van der Waals surface area (Å²) in [6, 6.07) is 7.20. The highest BCUT2D eigenvalue weighted by Gasteiger charge is 2.28. The van der Waals surface area contributed by atoms with Crippen LogP contribution in [0.5, 0.6) is 0 Å². The van der Waals surface area contributed by atoms with Crippen molar-refractivity contribution < 1.29 is 14.3 Å². The maximum absolute atomic E-state index is 12.7. The van der Waals surface area contributed by atoms with Gasteiger partial charge in [0.2, 0.25) is 0 Å². The van der Waals surface area contributed by atoms with Crippen LogP contribution in [0.4, 0.5) is 5.69 Å². The number of furan rings is 1. The number of hydrogen-bond acceptors (Lipinski definition) is 4. The monoisotopic (exact) mass is 288 g/mol. The molecule has 2 heterocycles. The summed E-state index contributed by atoms with van der Waals surface area (Å²) in [5.41, 5.74) is 7.07. The smallest absolute Gasteiger partial charge is 0.289 e. The number of rotatable bonds is 3. The Morgan fingerprint density at radius 3 is 3.05 bits per heavy atom. The lowest BCUT2D eigenvalue weighted by Crippen LogP contribution is -2.44. The number of carbonyl (C=O) groups excluding carboxylic acids is 1. The standard InChI is InChI=1S/C16H20N2O3/c17-12-4-5-14-11(9-12)10-15(21-14)16(20)18-7-2-1-3-13(18)6-8-19/h4-5,9-10,13,19H,1-3,6-8,17H2. The van der Waals surface area contributed by atoms with Crippen LogP contribution in [0.3, 0.4) is 0 Å². The van der Waals surface area contributed by atoms with Gasteiger partial charge < -0.3 is 20.2 Å². The van der Waals surface area contributed by atoms with E-state index in [0.29, 0.717) is 23.5 Å². The van der Waals surface area contributed by atoms with E-state index in [1.54, 1.807) is 24.3 Å². The fourth-order valence-electron chi connectivity index (χ4n) is 3.03. The van der Waals surface area contributed by atoms with Gasteiger partial charge in [-0.05, 0) is 49.9 Å². The lowest BCUT2D eigenvalue weighted by molar-refractivity contribution is 0.0545. The molecular formula is C16H20N2O3. The number of carbonyl (C=O) groups is 1. The molecule has 3 N–H and O–H groups in total. The molecule has 21 heavy (non-hydrogen) atoms. The third-order valence-corrected chi connectivity index (χ3v) is 4.10. The molecular weight excluding hydrogens is 268 g/mol. The van der Waals surface area contributed by atoms with Crippen molar-refractivity contribution >= 4 is 22.6 Å². The molecule has 5 heteroatoms. The first-order valence-corrected chi connectivity index (χ1v) is 7.40. The van der Waals surface area contributed by atoms with Crippen LogP contribution in [-0.4, -0.2) is 35.1 Å².